The van der Waals surface area contributed by atoms with Crippen LogP contribution in [0.5, 0.6) is 0 Å². The van der Waals surface area contributed by atoms with Gasteiger partial charge in [0, 0.05) is 19.2 Å². The van der Waals surface area contributed by atoms with E-state index in [1.807, 2.05) is 0 Å². The minimum atomic E-state index is 0.117. The van der Waals surface area contributed by atoms with Crippen molar-refractivity contribution in [3.05, 3.63) is 0 Å². The smallest absolute Gasteiger partial charge is 0.0663 e. The topological polar surface area (TPSA) is 38.5 Å². The van der Waals surface area contributed by atoms with Crippen LogP contribution in [-0.4, -0.2) is 43.3 Å². The van der Waals surface area contributed by atoms with Gasteiger partial charge in [-0.2, -0.15) is 0 Å². The molecule has 0 bridgehead atoms. The van der Waals surface area contributed by atoms with Gasteiger partial charge in [-0.15, -0.1) is 0 Å². The quantitative estimate of drug-likeness (QED) is 0.820. The zero-order chi connectivity index (χ0) is 12.5. The Hall–Kier alpha value is -0.120. The molecule has 2 N–H and O–H groups in total. The molecule has 3 heteroatoms. The molecule has 1 aliphatic heterocycles. The molecule has 0 spiro atoms. The SMILES string of the molecule is CN(C1CCC(C)(C)CC1)C1(CN)CCOC1. The zero-order valence-corrected chi connectivity index (χ0v) is 11.7. The van der Waals surface area contributed by atoms with E-state index in [-0.39, 0.29) is 5.54 Å². The van der Waals surface area contributed by atoms with Gasteiger partial charge in [-0.05, 0) is 44.6 Å². The molecule has 17 heavy (non-hydrogen) atoms. The van der Waals surface area contributed by atoms with Crippen LogP contribution >= 0.6 is 0 Å². The molecule has 2 rings (SSSR count). The van der Waals surface area contributed by atoms with E-state index in [2.05, 4.69) is 25.8 Å². The molecule has 1 saturated heterocycles. The van der Waals surface area contributed by atoms with Crippen LogP contribution in [0.3, 0.4) is 0 Å². The lowest BCUT2D eigenvalue weighted by Gasteiger charge is -2.46. The summed E-state index contributed by atoms with van der Waals surface area (Å²) in [4.78, 5) is 2.54. The van der Waals surface area contributed by atoms with Gasteiger partial charge in [0.2, 0.25) is 0 Å². The van der Waals surface area contributed by atoms with Crippen molar-refractivity contribution in [3.8, 4) is 0 Å². The van der Waals surface area contributed by atoms with E-state index < -0.39 is 0 Å². The van der Waals surface area contributed by atoms with Crippen LogP contribution in [-0.2, 0) is 4.74 Å². The first-order chi connectivity index (χ1) is 7.99. The highest BCUT2D eigenvalue weighted by molar-refractivity contribution is 4.97. The Bertz CT molecular complexity index is 249. The molecular weight excluding hydrogens is 212 g/mol. The van der Waals surface area contributed by atoms with Crippen molar-refractivity contribution in [3.63, 3.8) is 0 Å². The van der Waals surface area contributed by atoms with Crippen molar-refractivity contribution in [2.45, 2.75) is 57.5 Å². The summed E-state index contributed by atoms with van der Waals surface area (Å²) in [5, 5.41) is 0. The van der Waals surface area contributed by atoms with Crippen LogP contribution in [0.2, 0.25) is 0 Å². The maximum Gasteiger partial charge on any atom is 0.0663 e. The second-order valence-corrected chi connectivity index (χ2v) is 6.74. The minimum absolute atomic E-state index is 0.117. The molecule has 0 amide bonds. The van der Waals surface area contributed by atoms with E-state index in [1.54, 1.807) is 0 Å². The second-order valence-electron chi connectivity index (χ2n) is 6.74. The number of hydrogen-bond donors (Lipinski definition) is 1. The molecule has 1 unspecified atom stereocenters. The van der Waals surface area contributed by atoms with E-state index in [9.17, 15) is 0 Å². The van der Waals surface area contributed by atoms with Crippen LogP contribution < -0.4 is 5.73 Å². The van der Waals surface area contributed by atoms with E-state index >= 15 is 0 Å². The summed E-state index contributed by atoms with van der Waals surface area (Å²) in [6, 6.07) is 0.702. The number of likely N-dealkylation sites (N-methyl/N-ethyl adjacent to an activating group) is 1. The molecule has 1 aliphatic carbocycles. The summed E-state index contributed by atoms with van der Waals surface area (Å²) in [6.45, 7) is 7.20. The number of nitrogens with two attached hydrogens (primary N) is 1. The number of ether oxygens (including phenoxy) is 1. The van der Waals surface area contributed by atoms with Crippen molar-refractivity contribution in [2.75, 3.05) is 26.8 Å². The number of nitrogens with zero attached hydrogens (tertiary/aromatic N) is 1. The van der Waals surface area contributed by atoms with Crippen molar-refractivity contribution in [1.82, 2.24) is 4.90 Å². The van der Waals surface area contributed by atoms with E-state index in [0.29, 0.717) is 11.5 Å². The minimum Gasteiger partial charge on any atom is -0.379 e. The highest BCUT2D eigenvalue weighted by Gasteiger charge is 2.42. The molecule has 100 valence electrons. The summed E-state index contributed by atoms with van der Waals surface area (Å²) >= 11 is 0. The first-order valence-corrected chi connectivity index (χ1v) is 7.00. The lowest BCUT2D eigenvalue weighted by Crippen LogP contribution is -2.57. The molecular formula is C14H28N2O. The standard InChI is InChI=1S/C14H28N2O/c1-13(2)6-4-12(5-7-13)16(3)14(10-15)8-9-17-11-14/h12H,4-11,15H2,1-3H3. The Labute approximate surface area is 106 Å². The fourth-order valence-electron chi connectivity index (χ4n) is 3.34. The van der Waals surface area contributed by atoms with Gasteiger partial charge >= 0.3 is 0 Å². The highest BCUT2D eigenvalue weighted by atomic mass is 16.5. The molecule has 0 aromatic carbocycles. The fourth-order valence-corrected chi connectivity index (χ4v) is 3.34. The van der Waals surface area contributed by atoms with Gasteiger partial charge in [0.15, 0.2) is 0 Å². The van der Waals surface area contributed by atoms with E-state index in [4.69, 9.17) is 10.5 Å². The van der Waals surface area contributed by atoms with Crippen molar-refractivity contribution in [1.29, 1.82) is 0 Å². The molecule has 3 nitrogen and oxygen atoms in total. The van der Waals surface area contributed by atoms with Crippen LogP contribution in [0.25, 0.3) is 0 Å². The Balaban J connectivity index is 1.98. The average molecular weight is 240 g/mol. The van der Waals surface area contributed by atoms with Crippen molar-refractivity contribution >= 4 is 0 Å². The molecule has 1 heterocycles. The highest BCUT2D eigenvalue weighted by Crippen LogP contribution is 2.39. The number of hydrogen-bond acceptors (Lipinski definition) is 3. The Morgan fingerprint density at radius 3 is 2.35 bits per heavy atom. The van der Waals surface area contributed by atoms with Crippen LogP contribution in [0.4, 0.5) is 0 Å². The predicted octanol–water partition coefficient (Wildman–Crippen LogP) is 2.00. The Morgan fingerprint density at radius 2 is 1.88 bits per heavy atom. The van der Waals surface area contributed by atoms with Gasteiger partial charge in [-0.3, -0.25) is 4.90 Å². The molecule has 1 saturated carbocycles. The summed E-state index contributed by atoms with van der Waals surface area (Å²) in [6.07, 6.45) is 6.39. The van der Waals surface area contributed by atoms with Gasteiger partial charge in [0.25, 0.3) is 0 Å². The largest absolute Gasteiger partial charge is 0.379 e. The third-order valence-electron chi connectivity index (χ3n) is 5.07. The maximum atomic E-state index is 6.01. The molecule has 0 aromatic heterocycles. The molecule has 2 aliphatic rings. The molecule has 2 fully saturated rings. The van der Waals surface area contributed by atoms with Crippen LogP contribution in [0, 0.1) is 5.41 Å². The first-order valence-electron chi connectivity index (χ1n) is 7.00. The van der Waals surface area contributed by atoms with Crippen molar-refractivity contribution in [2.24, 2.45) is 11.1 Å². The fraction of sp³-hybridized carbons (Fsp3) is 1.00. The van der Waals surface area contributed by atoms with Crippen LogP contribution in [0.15, 0.2) is 0 Å². The normalized spacial score (nSPS) is 34.4. The van der Waals surface area contributed by atoms with Crippen LogP contribution in [0.1, 0.15) is 46.0 Å². The average Bonchev–Trinajstić information content (AvgIpc) is 2.78. The second kappa shape index (κ2) is 4.87. The lowest BCUT2D eigenvalue weighted by molar-refractivity contribution is 0.0276. The van der Waals surface area contributed by atoms with Gasteiger partial charge in [0.1, 0.15) is 0 Å². The van der Waals surface area contributed by atoms with Gasteiger partial charge in [-0.1, -0.05) is 13.8 Å². The third kappa shape index (κ3) is 2.67. The van der Waals surface area contributed by atoms with Gasteiger partial charge in [0.05, 0.1) is 12.1 Å². The van der Waals surface area contributed by atoms with Gasteiger partial charge in [-0.25, -0.2) is 0 Å². The summed E-state index contributed by atoms with van der Waals surface area (Å²) in [7, 11) is 2.25. The predicted molar refractivity (Wildman–Crippen MR) is 71.0 cm³/mol. The number of rotatable bonds is 3. The maximum absolute atomic E-state index is 6.01. The monoisotopic (exact) mass is 240 g/mol. The zero-order valence-electron chi connectivity index (χ0n) is 11.7. The Kier molecular flexibility index (Phi) is 3.81. The molecule has 0 radical (unpaired) electrons. The van der Waals surface area contributed by atoms with E-state index in [1.165, 1.54) is 25.7 Å². The van der Waals surface area contributed by atoms with Gasteiger partial charge < -0.3 is 10.5 Å². The Morgan fingerprint density at radius 1 is 1.24 bits per heavy atom. The lowest BCUT2D eigenvalue weighted by atomic mass is 9.74. The van der Waals surface area contributed by atoms with E-state index in [0.717, 1.165) is 26.2 Å². The first kappa shape index (κ1) is 13.3. The third-order valence-corrected chi connectivity index (χ3v) is 5.07. The molecule has 0 aromatic rings. The molecule has 1 atom stereocenters. The van der Waals surface area contributed by atoms with Crippen molar-refractivity contribution < 1.29 is 4.74 Å². The summed E-state index contributed by atoms with van der Waals surface area (Å²) in [5.74, 6) is 0. The summed E-state index contributed by atoms with van der Waals surface area (Å²) < 4.78 is 5.58. The summed E-state index contributed by atoms with van der Waals surface area (Å²) in [5.41, 5.74) is 6.67.